The number of para-hydroxylation sites is 1. The molecular weight excluding hydrogens is 332 g/mol. The summed E-state index contributed by atoms with van der Waals surface area (Å²) in [6.45, 7) is 2.50. The maximum Gasteiger partial charge on any atom is 0.272 e. The van der Waals surface area contributed by atoms with E-state index in [1.807, 2.05) is 43.3 Å². The minimum Gasteiger partial charge on any atom is -0.493 e. The summed E-state index contributed by atoms with van der Waals surface area (Å²) in [6, 6.07) is 14.7. The maximum atomic E-state index is 12.0. The van der Waals surface area contributed by atoms with Crippen LogP contribution in [0.5, 0.6) is 5.75 Å². The van der Waals surface area contributed by atoms with Crippen molar-refractivity contribution in [3.05, 3.63) is 64.1 Å². The first-order chi connectivity index (χ1) is 10.2. The smallest absolute Gasteiger partial charge is 0.272 e. The van der Waals surface area contributed by atoms with Crippen LogP contribution in [0.15, 0.2) is 58.1 Å². The summed E-state index contributed by atoms with van der Waals surface area (Å²) in [5.74, 6) is 0.464. The van der Waals surface area contributed by atoms with Crippen molar-refractivity contribution < 1.29 is 9.53 Å². The number of carbonyl (C=O) groups is 1. The van der Waals surface area contributed by atoms with E-state index in [1.165, 1.54) is 0 Å². The van der Waals surface area contributed by atoms with Crippen molar-refractivity contribution in [2.45, 2.75) is 6.92 Å². The maximum absolute atomic E-state index is 12.0. The zero-order valence-corrected chi connectivity index (χ0v) is 13.1. The minimum absolute atomic E-state index is 0.271. The number of benzene rings is 2. The van der Waals surface area contributed by atoms with Gasteiger partial charge in [0, 0.05) is 10.0 Å². The summed E-state index contributed by atoms with van der Waals surface area (Å²) in [5.41, 5.74) is 3.85. The van der Waals surface area contributed by atoms with E-state index in [-0.39, 0.29) is 5.91 Å². The molecule has 0 radical (unpaired) electrons. The molecule has 0 spiro atoms. The van der Waals surface area contributed by atoms with E-state index in [9.17, 15) is 4.79 Å². The number of carbonyl (C=O) groups excluding carboxylic acids is 1. The molecule has 0 unspecified atom stereocenters. The Bertz CT molecular complexity index is 656. The molecule has 0 aromatic heterocycles. The normalized spacial score (nSPS) is 10.6. The van der Waals surface area contributed by atoms with Gasteiger partial charge in [0.05, 0.1) is 18.4 Å². The number of hydrogen-bond acceptors (Lipinski definition) is 3. The fraction of sp³-hybridized carbons (Fsp3) is 0.125. The van der Waals surface area contributed by atoms with Gasteiger partial charge in [-0.3, -0.25) is 4.79 Å². The van der Waals surface area contributed by atoms with Gasteiger partial charge in [0.2, 0.25) is 0 Å². The standard InChI is InChI=1S/C16H15BrN2O2/c1-2-21-15-10-6-3-7-12(15)11-18-19-16(20)13-8-4-5-9-14(13)17/h3-11H,2H2,1H3,(H,19,20)/b18-11+. The first-order valence-electron chi connectivity index (χ1n) is 6.52. The Hall–Kier alpha value is -2.14. The number of rotatable bonds is 5. The predicted octanol–water partition coefficient (Wildman–Crippen LogP) is 3.61. The highest BCUT2D eigenvalue weighted by Crippen LogP contribution is 2.16. The van der Waals surface area contributed by atoms with Gasteiger partial charge in [-0.2, -0.15) is 5.10 Å². The highest BCUT2D eigenvalue weighted by atomic mass is 79.9. The number of nitrogens with one attached hydrogen (secondary N) is 1. The van der Waals surface area contributed by atoms with E-state index in [0.29, 0.717) is 12.2 Å². The fourth-order valence-electron chi connectivity index (χ4n) is 1.74. The summed E-state index contributed by atoms with van der Waals surface area (Å²) in [6.07, 6.45) is 1.57. The third-order valence-corrected chi connectivity index (χ3v) is 3.40. The average molecular weight is 347 g/mol. The Morgan fingerprint density at radius 3 is 2.71 bits per heavy atom. The van der Waals surface area contributed by atoms with E-state index in [0.717, 1.165) is 15.8 Å². The first kappa shape index (κ1) is 15.3. The predicted molar refractivity (Wildman–Crippen MR) is 86.8 cm³/mol. The lowest BCUT2D eigenvalue weighted by Gasteiger charge is -2.06. The van der Waals surface area contributed by atoms with Gasteiger partial charge in [0.15, 0.2) is 0 Å². The first-order valence-corrected chi connectivity index (χ1v) is 7.31. The molecule has 0 saturated carbocycles. The number of ether oxygens (including phenoxy) is 1. The molecule has 2 rings (SSSR count). The highest BCUT2D eigenvalue weighted by Gasteiger charge is 2.07. The largest absolute Gasteiger partial charge is 0.493 e. The summed E-state index contributed by atoms with van der Waals surface area (Å²) in [4.78, 5) is 12.0. The third-order valence-electron chi connectivity index (χ3n) is 2.71. The molecule has 1 N–H and O–H groups in total. The van der Waals surface area contributed by atoms with Crippen LogP contribution in [0.4, 0.5) is 0 Å². The second kappa shape index (κ2) is 7.59. The zero-order valence-electron chi connectivity index (χ0n) is 11.5. The van der Waals surface area contributed by atoms with Crippen molar-refractivity contribution >= 4 is 28.1 Å². The minimum atomic E-state index is -0.271. The average Bonchev–Trinajstić information content (AvgIpc) is 2.49. The molecule has 0 fully saturated rings. The van der Waals surface area contributed by atoms with E-state index < -0.39 is 0 Å². The van der Waals surface area contributed by atoms with E-state index in [4.69, 9.17) is 4.74 Å². The summed E-state index contributed by atoms with van der Waals surface area (Å²) in [7, 11) is 0. The Balaban J connectivity index is 2.06. The van der Waals surface area contributed by atoms with Crippen LogP contribution >= 0.6 is 15.9 Å². The summed E-state index contributed by atoms with van der Waals surface area (Å²) >= 11 is 3.33. The van der Waals surface area contributed by atoms with Gasteiger partial charge >= 0.3 is 0 Å². The molecule has 0 atom stereocenters. The van der Waals surface area contributed by atoms with Gasteiger partial charge in [-0.25, -0.2) is 5.43 Å². The van der Waals surface area contributed by atoms with Gasteiger partial charge in [-0.15, -0.1) is 0 Å². The third kappa shape index (κ3) is 4.16. The molecule has 0 heterocycles. The second-order valence-corrected chi connectivity index (χ2v) is 5.00. The van der Waals surface area contributed by atoms with Gasteiger partial charge in [0.25, 0.3) is 5.91 Å². The molecule has 0 aliphatic heterocycles. The van der Waals surface area contributed by atoms with Crippen LogP contribution in [-0.2, 0) is 0 Å². The van der Waals surface area contributed by atoms with Crippen LogP contribution in [0.2, 0.25) is 0 Å². The Morgan fingerprint density at radius 2 is 1.95 bits per heavy atom. The van der Waals surface area contributed by atoms with Gasteiger partial charge in [-0.1, -0.05) is 24.3 Å². The van der Waals surface area contributed by atoms with Crippen LogP contribution in [-0.4, -0.2) is 18.7 Å². The number of hydrogen-bond donors (Lipinski definition) is 1. The molecule has 4 nitrogen and oxygen atoms in total. The topological polar surface area (TPSA) is 50.7 Å². The van der Waals surface area contributed by atoms with Crippen LogP contribution in [0.3, 0.4) is 0 Å². The fourth-order valence-corrected chi connectivity index (χ4v) is 2.20. The molecule has 0 saturated heterocycles. The van der Waals surface area contributed by atoms with E-state index >= 15 is 0 Å². The second-order valence-electron chi connectivity index (χ2n) is 4.15. The van der Waals surface area contributed by atoms with Crippen molar-refractivity contribution in [1.82, 2.24) is 5.43 Å². The van der Waals surface area contributed by atoms with Crippen molar-refractivity contribution in [1.29, 1.82) is 0 Å². The zero-order chi connectivity index (χ0) is 15.1. The summed E-state index contributed by atoms with van der Waals surface area (Å²) < 4.78 is 6.22. The summed E-state index contributed by atoms with van der Waals surface area (Å²) in [5, 5.41) is 3.98. The quantitative estimate of drug-likeness (QED) is 0.664. The van der Waals surface area contributed by atoms with E-state index in [1.54, 1.807) is 18.3 Å². The van der Waals surface area contributed by atoms with Crippen molar-refractivity contribution in [3.8, 4) is 5.75 Å². The lowest BCUT2D eigenvalue weighted by atomic mass is 10.2. The van der Waals surface area contributed by atoms with Crippen LogP contribution in [0.1, 0.15) is 22.8 Å². The van der Waals surface area contributed by atoms with Crippen LogP contribution in [0, 0.1) is 0 Å². The molecule has 21 heavy (non-hydrogen) atoms. The molecule has 5 heteroatoms. The molecule has 108 valence electrons. The molecule has 0 bridgehead atoms. The lowest BCUT2D eigenvalue weighted by molar-refractivity contribution is 0.0954. The van der Waals surface area contributed by atoms with Gasteiger partial charge in [-0.05, 0) is 47.1 Å². The Morgan fingerprint density at radius 1 is 1.24 bits per heavy atom. The van der Waals surface area contributed by atoms with Crippen LogP contribution < -0.4 is 10.2 Å². The van der Waals surface area contributed by atoms with Crippen molar-refractivity contribution in [2.24, 2.45) is 5.10 Å². The van der Waals surface area contributed by atoms with Crippen molar-refractivity contribution in [3.63, 3.8) is 0 Å². The van der Waals surface area contributed by atoms with Crippen LogP contribution in [0.25, 0.3) is 0 Å². The monoisotopic (exact) mass is 346 g/mol. The highest BCUT2D eigenvalue weighted by molar-refractivity contribution is 9.10. The number of amides is 1. The number of nitrogens with zero attached hydrogens (tertiary/aromatic N) is 1. The number of halogens is 1. The Labute approximate surface area is 132 Å². The van der Waals surface area contributed by atoms with Gasteiger partial charge < -0.3 is 4.74 Å². The van der Waals surface area contributed by atoms with Gasteiger partial charge in [0.1, 0.15) is 5.75 Å². The molecule has 0 aliphatic rings. The molecule has 2 aromatic carbocycles. The van der Waals surface area contributed by atoms with Crippen molar-refractivity contribution in [2.75, 3.05) is 6.61 Å². The lowest BCUT2D eigenvalue weighted by Crippen LogP contribution is -2.18. The molecule has 2 aromatic rings. The molecule has 1 amide bonds. The Kier molecular flexibility index (Phi) is 5.51. The van der Waals surface area contributed by atoms with E-state index in [2.05, 4.69) is 26.5 Å². The SMILES string of the molecule is CCOc1ccccc1/C=N/NC(=O)c1ccccc1Br. The number of hydrazone groups is 1. The molecular formula is C16H15BrN2O2. The molecule has 0 aliphatic carbocycles.